The Hall–Kier alpha value is -0.930. The Balaban J connectivity index is 2.34. The molecule has 1 aliphatic rings. The van der Waals surface area contributed by atoms with Crippen molar-refractivity contribution in [2.75, 3.05) is 13.2 Å². The van der Waals surface area contributed by atoms with Crippen LogP contribution in [0, 0.1) is 5.92 Å². The normalized spacial score (nSPS) is 33.5. The molecule has 0 radical (unpaired) electrons. The van der Waals surface area contributed by atoms with Crippen LogP contribution in [-0.2, 0) is 10.3 Å². The van der Waals surface area contributed by atoms with Gasteiger partial charge in [-0.2, -0.15) is 0 Å². The predicted molar refractivity (Wildman–Crippen MR) is 48.1 cm³/mol. The summed E-state index contributed by atoms with van der Waals surface area (Å²) in [6.07, 6.45) is 3.40. The Labute approximate surface area is 77.4 Å². The average molecular weight is 179 g/mol. The van der Waals surface area contributed by atoms with E-state index in [4.69, 9.17) is 4.74 Å². The first-order valence-electron chi connectivity index (χ1n) is 4.44. The first-order valence-corrected chi connectivity index (χ1v) is 4.44. The zero-order valence-electron chi connectivity index (χ0n) is 7.60. The molecule has 13 heavy (non-hydrogen) atoms. The summed E-state index contributed by atoms with van der Waals surface area (Å²) < 4.78 is 5.25. The summed E-state index contributed by atoms with van der Waals surface area (Å²) in [6.45, 7) is 2.98. The van der Waals surface area contributed by atoms with Gasteiger partial charge in [0.2, 0.25) is 0 Å². The summed E-state index contributed by atoms with van der Waals surface area (Å²) in [7, 11) is 0. The highest BCUT2D eigenvalue weighted by atomic mass is 16.5. The van der Waals surface area contributed by atoms with E-state index < -0.39 is 5.60 Å². The smallest absolute Gasteiger partial charge is 0.119 e. The van der Waals surface area contributed by atoms with Gasteiger partial charge in [0.25, 0.3) is 0 Å². The summed E-state index contributed by atoms with van der Waals surface area (Å²) in [5, 5.41) is 10.3. The Morgan fingerprint density at radius 3 is 3.08 bits per heavy atom. The molecule has 1 N–H and O–H groups in total. The predicted octanol–water partition coefficient (Wildman–Crippen LogP) is 0.935. The molecule has 2 heterocycles. The number of rotatable bonds is 1. The second kappa shape index (κ2) is 3.09. The van der Waals surface area contributed by atoms with Gasteiger partial charge in [0.1, 0.15) is 5.60 Å². The van der Waals surface area contributed by atoms with E-state index in [1.165, 1.54) is 0 Å². The molecule has 0 aromatic carbocycles. The number of aliphatic hydroxyl groups is 1. The van der Waals surface area contributed by atoms with Gasteiger partial charge in [-0.15, -0.1) is 0 Å². The summed E-state index contributed by atoms with van der Waals surface area (Å²) in [6, 6.07) is 3.72. The lowest BCUT2D eigenvalue weighted by Crippen LogP contribution is -2.32. The van der Waals surface area contributed by atoms with E-state index in [1.54, 1.807) is 12.4 Å². The lowest BCUT2D eigenvalue weighted by atomic mass is 9.86. The molecule has 2 rings (SSSR count). The van der Waals surface area contributed by atoms with E-state index in [0.29, 0.717) is 13.2 Å². The molecule has 2 unspecified atom stereocenters. The zero-order valence-corrected chi connectivity index (χ0v) is 7.60. The quantitative estimate of drug-likeness (QED) is 0.697. The van der Waals surface area contributed by atoms with Crippen LogP contribution in [0.2, 0.25) is 0 Å². The van der Waals surface area contributed by atoms with Gasteiger partial charge in [-0.3, -0.25) is 4.98 Å². The molecular formula is C10H13NO2. The highest BCUT2D eigenvalue weighted by molar-refractivity contribution is 5.20. The van der Waals surface area contributed by atoms with Gasteiger partial charge >= 0.3 is 0 Å². The van der Waals surface area contributed by atoms with Crippen molar-refractivity contribution in [3.8, 4) is 0 Å². The zero-order chi connectivity index (χ0) is 9.31. The molecule has 0 bridgehead atoms. The molecule has 0 saturated carbocycles. The van der Waals surface area contributed by atoms with Crippen LogP contribution in [0.1, 0.15) is 12.5 Å². The Bertz CT molecular complexity index is 288. The Morgan fingerprint density at radius 1 is 1.69 bits per heavy atom. The average Bonchev–Trinajstić information content (AvgIpc) is 2.50. The summed E-state index contributed by atoms with van der Waals surface area (Å²) in [4.78, 5) is 3.99. The van der Waals surface area contributed by atoms with Gasteiger partial charge in [0, 0.05) is 23.9 Å². The minimum Gasteiger partial charge on any atom is -0.382 e. The third-order valence-electron chi connectivity index (χ3n) is 2.67. The summed E-state index contributed by atoms with van der Waals surface area (Å²) in [5.74, 6) is 0.136. The van der Waals surface area contributed by atoms with Gasteiger partial charge in [-0.05, 0) is 6.07 Å². The van der Waals surface area contributed by atoms with Crippen LogP contribution in [0.5, 0.6) is 0 Å². The lowest BCUT2D eigenvalue weighted by molar-refractivity contribution is 0.000528. The summed E-state index contributed by atoms with van der Waals surface area (Å²) in [5.41, 5.74) is 0.00819. The van der Waals surface area contributed by atoms with Crippen molar-refractivity contribution in [3.05, 3.63) is 30.1 Å². The maximum Gasteiger partial charge on any atom is 0.119 e. The first kappa shape index (κ1) is 8.66. The fraction of sp³-hybridized carbons (Fsp3) is 0.500. The van der Waals surface area contributed by atoms with Crippen molar-refractivity contribution in [1.29, 1.82) is 0 Å². The van der Waals surface area contributed by atoms with Crippen molar-refractivity contribution in [2.24, 2.45) is 5.92 Å². The van der Waals surface area contributed by atoms with Crippen LogP contribution in [0.4, 0.5) is 0 Å². The van der Waals surface area contributed by atoms with Crippen molar-refractivity contribution in [1.82, 2.24) is 4.98 Å². The minimum atomic E-state index is -0.839. The van der Waals surface area contributed by atoms with Gasteiger partial charge in [-0.25, -0.2) is 0 Å². The van der Waals surface area contributed by atoms with Crippen LogP contribution in [0.3, 0.4) is 0 Å². The topological polar surface area (TPSA) is 42.4 Å². The van der Waals surface area contributed by atoms with E-state index in [-0.39, 0.29) is 5.92 Å². The Morgan fingerprint density at radius 2 is 2.54 bits per heavy atom. The molecule has 1 aliphatic heterocycles. The van der Waals surface area contributed by atoms with E-state index in [9.17, 15) is 5.11 Å². The van der Waals surface area contributed by atoms with Crippen molar-refractivity contribution in [3.63, 3.8) is 0 Å². The molecule has 70 valence electrons. The van der Waals surface area contributed by atoms with E-state index in [1.807, 2.05) is 19.1 Å². The van der Waals surface area contributed by atoms with Gasteiger partial charge in [0.05, 0.1) is 13.2 Å². The molecule has 3 nitrogen and oxygen atoms in total. The molecule has 1 saturated heterocycles. The van der Waals surface area contributed by atoms with E-state index in [2.05, 4.69) is 4.98 Å². The molecule has 3 heteroatoms. The fourth-order valence-electron chi connectivity index (χ4n) is 1.66. The van der Waals surface area contributed by atoms with Crippen molar-refractivity contribution >= 4 is 0 Å². The second-order valence-electron chi connectivity index (χ2n) is 3.58. The maximum absolute atomic E-state index is 10.3. The first-order chi connectivity index (χ1) is 6.23. The van der Waals surface area contributed by atoms with Crippen LogP contribution in [0.25, 0.3) is 0 Å². The standard InChI is InChI=1S/C10H13NO2/c1-8-6-13-7-10(8,12)9-3-2-4-11-5-9/h2-5,8,12H,6-7H2,1H3. The van der Waals surface area contributed by atoms with E-state index >= 15 is 0 Å². The molecule has 0 aliphatic carbocycles. The molecule has 1 aromatic heterocycles. The van der Waals surface area contributed by atoms with Crippen LogP contribution >= 0.6 is 0 Å². The third kappa shape index (κ3) is 1.34. The SMILES string of the molecule is CC1COCC1(O)c1cccnc1. The fourth-order valence-corrected chi connectivity index (χ4v) is 1.66. The molecule has 0 spiro atoms. The van der Waals surface area contributed by atoms with Crippen LogP contribution in [-0.4, -0.2) is 23.3 Å². The molecule has 1 fully saturated rings. The van der Waals surface area contributed by atoms with Gasteiger partial charge in [-0.1, -0.05) is 13.0 Å². The lowest BCUT2D eigenvalue weighted by Gasteiger charge is -2.25. The maximum atomic E-state index is 10.3. The molecular weight excluding hydrogens is 166 g/mol. The highest BCUT2D eigenvalue weighted by Crippen LogP contribution is 2.34. The number of hydrogen-bond donors (Lipinski definition) is 1. The Kier molecular flexibility index (Phi) is 2.06. The molecule has 2 atom stereocenters. The third-order valence-corrected chi connectivity index (χ3v) is 2.67. The second-order valence-corrected chi connectivity index (χ2v) is 3.58. The number of hydrogen-bond acceptors (Lipinski definition) is 3. The molecule has 0 amide bonds. The summed E-state index contributed by atoms with van der Waals surface area (Å²) >= 11 is 0. The highest BCUT2D eigenvalue weighted by Gasteiger charge is 2.41. The van der Waals surface area contributed by atoms with E-state index in [0.717, 1.165) is 5.56 Å². The largest absolute Gasteiger partial charge is 0.382 e. The van der Waals surface area contributed by atoms with Crippen molar-refractivity contribution < 1.29 is 9.84 Å². The van der Waals surface area contributed by atoms with Gasteiger partial charge in [0.15, 0.2) is 0 Å². The number of ether oxygens (including phenoxy) is 1. The van der Waals surface area contributed by atoms with Gasteiger partial charge < -0.3 is 9.84 Å². The monoisotopic (exact) mass is 179 g/mol. The number of aromatic nitrogens is 1. The van der Waals surface area contributed by atoms with Crippen LogP contribution in [0.15, 0.2) is 24.5 Å². The van der Waals surface area contributed by atoms with Crippen LogP contribution < -0.4 is 0 Å². The minimum absolute atomic E-state index is 0.136. The molecule has 1 aromatic rings. The number of pyridine rings is 1. The van der Waals surface area contributed by atoms with Crippen molar-refractivity contribution in [2.45, 2.75) is 12.5 Å². The number of nitrogens with zero attached hydrogens (tertiary/aromatic N) is 1.